The molecule has 32 heavy (non-hydrogen) atoms. The monoisotopic (exact) mass is 437 g/mol. The molecule has 4 aromatic rings. The van der Waals surface area contributed by atoms with Gasteiger partial charge in [0, 0.05) is 18.5 Å². The first kappa shape index (κ1) is 20.2. The molecule has 3 heterocycles. The van der Waals surface area contributed by atoms with Crippen LogP contribution in [0.25, 0.3) is 27.8 Å². The third kappa shape index (κ3) is 3.50. The summed E-state index contributed by atoms with van der Waals surface area (Å²) in [5.41, 5.74) is -0.596. The lowest BCUT2D eigenvalue weighted by molar-refractivity contribution is -0.122. The average molecular weight is 437 g/mol. The van der Waals surface area contributed by atoms with Crippen LogP contribution in [0.1, 0.15) is 12.8 Å². The molecule has 0 radical (unpaired) electrons. The Balaban J connectivity index is 1.65. The molecule has 1 amide bonds. The lowest BCUT2D eigenvalue weighted by Crippen LogP contribution is -2.42. The van der Waals surface area contributed by atoms with Crippen LogP contribution in [0.4, 0.5) is 4.39 Å². The SMILES string of the molecule is O=C(Cn1c(=O)n(-c2ccc(F)cc2)c(=O)c2oc3ccccc3c21)NC[C@H]1CCCO1. The first-order valence-corrected chi connectivity index (χ1v) is 10.3. The fraction of sp³-hybridized carbons (Fsp3) is 0.261. The van der Waals surface area contributed by atoms with Gasteiger partial charge in [-0.1, -0.05) is 12.1 Å². The number of rotatable bonds is 5. The van der Waals surface area contributed by atoms with E-state index in [1.807, 2.05) is 0 Å². The number of carbonyl (C=O) groups excluding carboxylic acids is 1. The Kier molecular flexibility index (Phi) is 5.10. The van der Waals surface area contributed by atoms with Gasteiger partial charge >= 0.3 is 11.2 Å². The molecule has 1 atom stereocenters. The van der Waals surface area contributed by atoms with Crippen molar-refractivity contribution in [3.63, 3.8) is 0 Å². The van der Waals surface area contributed by atoms with Gasteiger partial charge < -0.3 is 14.5 Å². The number of ether oxygens (including phenoxy) is 1. The first-order valence-electron chi connectivity index (χ1n) is 10.3. The zero-order chi connectivity index (χ0) is 22.2. The molecule has 1 fully saturated rings. The number of amides is 1. The van der Waals surface area contributed by atoms with Crippen molar-refractivity contribution in [3.05, 3.63) is 75.2 Å². The highest BCUT2D eigenvalue weighted by Gasteiger charge is 2.23. The normalized spacial score (nSPS) is 16.1. The maximum absolute atomic E-state index is 13.4. The van der Waals surface area contributed by atoms with Crippen LogP contribution in [0.15, 0.2) is 62.5 Å². The zero-order valence-electron chi connectivity index (χ0n) is 17.0. The van der Waals surface area contributed by atoms with Crippen LogP contribution >= 0.6 is 0 Å². The Morgan fingerprint density at radius 3 is 2.66 bits per heavy atom. The quantitative estimate of drug-likeness (QED) is 0.517. The van der Waals surface area contributed by atoms with Crippen LogP contribution in [0.5, 0.6) is 0 Å². The van der Waals surface area contributed by atoms with Crippen LogP contribution in [0.2, 0.25) is 0 Å². The number of hydrogen-bond donors (Lipinski definition) is 1. The van der Waals surface area contributed by atoms with Gasteiger partial charge in [0.2, 0.25) is 11.5 Å². The summed E-state index contributed by atoms with van der Waals surface area (Å²) in [7, 11) is 0. The van der Waals surface area contributed by atoms with E-state index >= 15 is 0 Å². The van der Waals surface area contributed by atoms with Gasteiger partial charge in [-0.05, 0) is 49.2 Å². The van der Waals surface area contributed by atoms with E-state index < -0.39 is 23.0 Å². The molecular weight excluding hydrogens is 417 g/mol. The van der Waals surface area contributed by atoms with Gasteiger partial charge in [-0.3, -0.25) is 14.2 Å². The average Bonchev–Trinajstić information content (AvgIpc) is 3.45. The van der Waals surface area contributed by atoms with Gasteiger partial charge in [0.1, 0.15) is 23.5 Å². The molecule has 0 saturated carbocycles. The predicted octanol–water partition coefficient (Wildman–Crippen LogP) is 2.33. The smallest absolute Gasteiger partial charge is 0.336 e. The molecule has 1 aliphatic heterocycles. The van der Waals surface area contributed by atoms with Crippen molar-refractivity contribution in [2.45, 2.75) is 25.5 Å². The molecule has 1 aliphatic rings. The van der Waals surface area contributed by atoms with Gasteiger partial charge in [0.15, 0.2) is 0 Å². The first-order chi connectivity index (χ1) is 15.5. The molecule has 2 aromatic heterocycles. The van der Waals surface area contributed by atoms with Gasteiger partial charge in [-0.2, -0.15) is 0 Å². The summed E-state index contributed by atoms with van der Waals surface area (Å²) in [6, 6.07) is 11.9. The fourth-order valence-electron chi connectivity index (χ4n) is 4.05. The third-order valence-corrected chi connectivity index (χ3v) is 5.60. The second-order valence-corrected chi connectivity index (χ2v) is 7.70. The van der Waals surface area contributed by atoms with Crippen molar-refractivity contribution in [1.82, 2.24) is 14.5 Å². The fourth-order valence-corrected chi connectivity index (χ4v) is 4.05. The summed E-state index contributed by atoms with van der Waals surface area (Å²) in [6.45, 7) is 0.706. The van der Waals surface area contributed by atoms with Crippen LogP contribution in [-0.2, 0) is 16.1 Å². The van der Waals surface area contributed by atoms with E-state index in [0.717, 1.165) is 29.5 Å². The number of nitrogens with zero attached hydrogens (tertiary/aromatic N) is 2. The Morgan fingerprint density at radius 1 is 1.12 bits per heavy atom. The molecule has 5 rings (SSSR count). The van der Waals surface area contributed by atoms with Crippen molar-refractivity contribution in [3.8, 4) is 5.69 Å². The number of hydrogen-bond acceptors (Lipinski definition) is 5. The Labute approximate surface area is 180 Å². The van der Waals surface area contributed by atoms with E-state index in [9.17, 15) is 18.8 Å². The number of benzene rings is 2. The molecule has 2 aromatic carbocycles. The molecule has 0 bridgehead atoms. The molecule has 1 N–H and O–H groups in total. The van der Waals surface area contributed by atoms with Gasteiger partial charge in [0.25, 0.3) is 0 Å². The Morgan fingerprint density at radius 2 is 1.91 bits per heavy atom. The summed E-state index contributed by atoms with van der Waals surface area (Å²) < 4.78 is 26.8. The van der Waals surface area contributed by atoms with Crippen molar-refractivity contribution in [2.75, 3.05) is 13.2 Å². The number of halogens is 1. The molecule has 0 spiro atoms. The maximum atomic E-state index is 13.4. The van der Waals surface area contributed by atoms with Crippen molar-refractivity contribution < 1.29 is 18.3 Å². The minimum absolute atomic E-state index is 0.0429. The van der Waals surface area contributed by atoms with E-state index in [1.165, 1.54) is 16.7 Å². The summed E-state index contributed by atoms with van der Waals surface area (Å²) in [5, 5.41) is 3.35. The second kappa shape index (κ2) is 8.08. The maximum Gasteiger partial charge on any atom is 0.336 e. The third-order valence-electron chi connectivity index (χ3n) is 5.60. The number of fused-ring (bicyclic) bond motifs is 3. The molecule has 164 valence electrons. The highest BCUT2D eigenvalue weighted by Crippen LogP contribution is 2.25. The highest BCUT2D eigenvalue weighted by atomic mass is 19.1. The summed E-state index contributed by atoms with van der Waals surface area (Å²) in [4.78, 5) is 39.3. The number of nitrogens with one attached hydrogen (secondary N) is 1. The minimum atomic E-state index is -0.715. The topological polar surface area (TPSA) is 95.5 Å². The van der Waals surface area contributed by atoms with E-state index in [0.29, 0.717) is 24.1 Å². The standard InChI is InChI=1S/C23H20FN3O5/c24-14-7-9-15(10-8-14)27-22(29)21-20(17-5-1-2-6-18(17)32-21)26(23(27)30)13-19(28)25-12-16-4-3-11-31-16/h1-2,5-10,16H,3-4,11-13H2,(H,25,28)/t16-/m1/s1. The summed E-state index contributed by atoms with van der Waals surface area (Å²) >= 11 is 0. The highest BCUT2D eigenvalue weighted by molar-refractivity contribution is 6.02. The number of para-hydroxylation sites is 1. The number of carbonyl (C=O) groups is 1. The Hall–Kier alpha value is -3.72. The minimum Gasteiger partial charge on any atom is -0.449 e. The van der Waals surface area contributed by atoms with Crippen LogP contribution < -0.4 is 16.6 Å². The lowest BCUT2D eigenvalue weighted by atomic mass is 10.2. The molecule has 8 nitrogen and oxygen atoms in total. The van der Waals surface area contributed by atoms with Gasteiger partial charge in [-0.25, -0.2) is 13.8 Å². The van der Waals surface area contributed by atoms with Crippen LogP contribution in [0.3, 0.4) is 0 Å². The van der Waals surface area contributed by atoms with Gasteiger partial charge in [0.05, 0.1) is 11.8 Å². The van der Waals surface area contributed by atoms with Crippen LogP contribution in [-0.4, -0.2) is 34.3 Å². The van der Waals surface area contributed by atoms with Crippen LogP contribution in [0, 0.1) is 5.82 Å². The van der Waals surface area contributed by atoms with E-state index in [2.05, 4.69) is 5.32 Å². The largest absolute Gasteiger partial charge is 0.449 e. The van der Waals surface area contributed by atoms with Crippen molar-refractivity contribution in [1.29, 1.82) is 0 Å². The second-order valence-electron chi connectivity index (χ2n) is 7.70. The van der Waals surface area contributed by atoms with Crippen molar-refractivity contribution in [2.24, 2.45) is 0 Å². The van der Waals surface area contributed by atoms with E-state index in [1.54, 1.807) is 24.3 Å². The molecule has 0 unspecified atom stereocenters. The molecule has 0 aliphatic carbocycles. The van der Waals surface area contributed by atoms with Gasteiger partial charge in [-0.15, -0.1) is 0 Å². The van der Waals surface area contributed by atoms with Crippen molar-refractivity contribution >= 4 is 28.0 Å². The number of furan rings is 1. The summed E-state index contributed by atoms with van der Waals surface area (Å²) in [6.07, 6.45) is 1.77. The molecule has 9 heteroatoms. The predicted molar refractivity (Wildman–Crippen MR) is 116 cm³/mol. The number of aromatic nitrogens is 2. The van der Waals surface area contributed by atoms with E-state index in [-0.39, 0.29) is 29.4 Å². The zero-order valence-corrected chi connectivity index (χ0v) is 17.0. The summed E-state index contributed by atoms with van der Waals surface area (Å²) in [5.74, 6) is -0.890. The molecule has 1 saturated heterocycles. The van der Waals surface area contributed by atoms with E-state index in [4.69, 9.17) is 9.15 Å². The molecular formula is C23H20FN3O5. The Bertz CT molecular complexity index is 1430. The lowest BCUT2D eigenvalue weighted by Gasteiger charge is -2.14.